The molecule has 10 heteroatoms. The largest absolute Gasteiger partial charge is 0.379 e. The fourth-order valence-electron chi connectivity index (χ4n) is 4.32. The van der Waals surface area contributed by atoms with Crippen LogP contribution in [0, 0.1) is 6.92 Å². The minimum Gasteiger partial charge on any atom is -0.379 e. The van der Waals surface area contributed by atoms with Crippen molar-refractivity contribution < 1.29 is 13.2 Å². The molecular formula is C25H28N6O3S. The number of nitrogens with zero attached hydrogens (tertiary/aromatic N) is 5. The Balaban J connectivity index is 1.46. The first kappa shape index (κ1) is 23.4. The summed E-state index contributed by atoms with van der Waals surface area (Å²) in [6, 6.07) is 11.1. The Morgan fingerprint density at radius 1 is 1.09 bits per heavy atom. The number of rotatable bonds is 7. The maximum Gasteiger partial charge on any atom is 0.243 e. The lowest BCUT2D eigenvalue weighted by Gasteiger charge is -2.26. The minimum absolute atomic E-state index is 0.272. The lowest BCUT2D eigenvalue weighted by molar-refractivity contribution is 0.0730. The number of anilines is 2. The number of fused-ring (bicyclic) bond motifs is 1. The number of aromatic nitrogens is 4. The minimum atomic E-state index is -3.62. The number of hydrogen-bond donors (Lipinski definition) is 1. The Labute approximate surface area is 204 Å². The number of hydrogen-bond acceptors (Lipinski definition) is 7. The molecule has 182 valence electrons. The van der Waals surface area contributed by atoms with Gasteiger partial charge >= 0.3 is 0 Å². The molecule has 1 saturated heterocycles. The second kappa shape index (κ2) is 9.73. The Hall–Kier alpha value is -3.34. The predicted octanol–water partition coefficient (Wildman–Crippen LogP) is 3.98. The van der Waals surface area contributed by atoms with Gasteiger partial charge in [0.15, 0.2) is 0 Å². The van der Waals surface area contributed by atoms with Crippen LogP contribution < -0.4 is 5.32 Å². The molecule has 0 amide bonds. The number of pyridine rings is 1. The first-order valence-corrected chi connectivity index (χ1v) is 13.1. The van der Waals surface area contributed by atoms with E-state index in [2.05, 4.69) is 33.0 Å². The van der Waals surface area contributed by atoms with E-state index < -0.39 is 10.0 Å². The first-order chi connectivity index (χ1) is 17.0. The number of benzene rings is 1. The van der Waals surface area contributed by atoms with E-state index in [1.54, 1.807) is 31.5 Å². The fourth-order valence-corrected chi connectivity index (χ4v) is 5.98. The quantitative estimate of drug-likeness (QED) is 0.416. The molecule has 1 N–H and O–H groups in total. The molecule has 3 aromatic heterocycles. The SMILES string of the molecule is CCCn1cc(-c2ccnc(Nc3ccc(C)c(S(=O)(=O)N4CCOCC4)c3)n2)c2cccnc21. The Kier molecular flexibility index (Phi) is 6.50. The van der Waals surface area contributed by atoms with Gasteiger partial charge in [-0.3, -0.25) is 0 Å². The van der Waals surface area contributed by atoms with E-state index in [1.807, 2.05) is 24.3 Å². The van der Waals surface area contributed by atoms with Gasteiger partial charge in [-0.15, -0.1) is 0 Å². The van der Waals surface area contributed by atoms with Crippen LogP contribution in [0.15, 0.2) is 59.9 Å². The lowest BCUT2D eigenvalue weighted by Crippen LogP contribution is -2.40. The smallest absolute Gasteiger partial charge is 0.243 e. The van der Waals surface area contributed by atoms with Gasteiger partial charge in [0, 0.05) is 54.9 Å². The number of morpholine rings is 1. The van der Waals surface area contributed by atoms with Gasteiger partial charge < -0.3 is 14.6 Å². The number of sulfonamides is 1. The van der Waals surface area contributed by atoms with Crippen molar-refractivity contribution in [3.63, 3.8) is 0 Å². The van der Waals surface area contributed by atoms with Gasteiger partial charge in [-0.25, -0.2) is 23.4 Å². The highest BCUT2D eigenvalue weighted by atomic mass is 32.2. The van der Waals surface area contributed by atoms with E-state index in [0.717, 1.165) is 35.3 Å². The number of nitrogens with one attached hydrogen (secondary N) is 1. The molecule has 0 bridgehead atoms. The van der Waals surface area contributed by atoms with Crippen molar-refractivity contribution in [3.05, 3.63) is 60.6 Å². The van der Waals surface area contributed by atoms with Gasteiger partial charge in [-0.05, 0) is 49.2 Å². The van der Waals surface area contributed by atoms with Crippen molar-refractivity contribution in [1.29, 1.82) is 0 Å². The van der Waals surface area contributed by atoms with E-state index in [0.29, 0.717) is 43.5 Å². The second-order valence-corrected chi connectivity index (χ2v) is 10.4. The molecule has 9 nitrogen and oxygen atoms in total. The zero-order chi connectivity index (χ0) is 24.4. The molecule has 1 aliphatic heterocycles. The third-order valence-electron chi connectivity index (χ3n) is 6.06. The van der Waals surface area contributed by atoms with Crippen molar-refractivity contribution >= 4 is 32.7 Å². The Morgan fingerprint density at radius 2 is 1.91 bits per heavy atom. The van der Waals surface area contributed by atoms with Gasteiger partial charge in [-0.2, -0.15) is 4.31 Å². The van der Waals surface area contributed by atoms with Crippen LogP contribution in [0.2, 0.25) is 0 Å². The Morgan fingerprint density at radius 3 is 2.71 bits per heavy atom. The van der Waals surface area contributed by atoms with Gasteiger partial charge in [0.25, 0.3) is 0 Å². The molecule has 0 saturated carbocycles. The summed E-state index contributed by atoms with van der Waals surface area (Å²) in [5, 5.41) is 4.21. The van der Waals surface area contributed by atoms with Crippen LogP contribution in [0.1, 0.15) is 18.9 Å². The monoisotopic (exact) mass is 492 g/mol. The van der Waals surface area contributed by atoms with E-state index in [-0.39, 0.29) is 4.90 Å². The number of ether oxygens (including phenoxy) is 1. The summed E-state index contributed by atoms with van der Waals surface area (Å²) in [6.45, 7) is 6.32. The maximum atomic E-state index is 13.2. The fraction of sp³-hybridized carbons (Fsp3) is 0.320. The summed E-state index contributed by atoms with van der Waals surface area (Å²) in [5.41, 5.74) is 3.96. The van der Waals surface area contributed by atoms with Crippen LogP contribution in [0.4, 0.5) is 11.6 Å². The highest BCUT2D eigenvalue weighted by molar-refractivity contribution is 7.89. The molecule has 4 heterocycles. The van der Waals surface area contributed by atoms with Crippen molar-refractivity contribution in [1.82, 2.24) is 23.8 Å². The molecule has 0 spiro atoms. The van der Waals surface area contributed by atoms with Crippen molar-refractivity contribution in [2.75, 3.05) is 31.6 Å². The van der Waals surface area contributed by atoms with Gasteiger partial charge in [-0.1, -0.05) is 13.0 Å². The highest BCUT2D eigenvalue weighted by Crippen LogP contribution is 2.30. The summed E-state index contributed by atoms with van der Waals surface area (Å²) in [6.07, 6.45) is 6.57. The topological polar surface area (TPSA) is 102 Å². The average Bonchev–Trinajstić information content (AvgIpc) is 3.25. The van der Waals surface area contributed by atoms with Crippen LogP contribution in [0.5, 0.6) is 0 Å². The van der Waals surface area contributed by atoms with Crippen LogP contribution in [-0.2, 0) is 21.3 Å². The summed E-state index contributed by atoms with van der Waals surface area (Å²) >= 11 is 0. The maximum absolute atomic E-state index is 13.2. The zero-order valence-corrected chi connectivity index (χ0v) is 20.6. The molecule has 4 aromatic rings. The van der Waals surface area contributed by atoms with Crippen LogP contribution in [0.25, 0.3) is 22.3 Å². The van der Waals surface area contributed by atoms with E-state index >= 15 is 0 Å². The van der Waals surface area contributed by atoms with Crippen LogP contribution >= 0.6 is 0 Å². The van der Waals surface area contributed by atoms with Crippen molar-refractivity contribution in [3.8, 4) is 11.3 Å². The Bertz CT molecular complexity index is 1460. The van der Waals surface area contributed by atoms with Crippen LogP contribution in [-0.4, -0.2) is 58.5 Å². The summed E-state index contributed by atoms with van der Waals surface area (Å²) in [4.78, 5) is 13.9. The third-order valence-corrected chi connectivity index (χ3v) is 8.10. The van der Waals surface area contributed by atoms with Gasteiger partial charge in [0.1, 0.15) is 5.65 Å². The lowest BCUT2D eigenvalue weighted by atomic mass is 10.1. The molecule has 1 aromatic carbocycles. The molecule has 35 heavy (non-hydrogen) atoms. The standard InChI is InChI=1S/C25H28N6O3S/c1-3-11-30-17-21(20-5-4-9-26-24(20)30)22-8-10-27-25(29-22)28-19-7-6-18(2)23(16-19)35(32,33)31-12-14-34-15-13-31/h4-10,16-17H,3,11-15H2,1-2H3,(H,27,28,29). The van der Waals surface area contributed by atoms with E-state index in [9.17, 15) is 8.42 Å². The first-order valence-electron chi connectivity index (χ1n) is 11.7. The number of aryl methyl sites for hydroxylation is 2. The highest BCUT2D eigenvalue weighted by Gasteiger charge is 2.28. The average molecular weight is 493 g/mol. The zero-order valence-electron chi connectivity index (χ0n) is 19.8. The molecule has 1 fully saturated rings. The predicted molar refractivity (Wildman–Crippen MR) is 135 cm³/mol. The molecule has 0 aliphatic carbocycles. The molecule has 0 unspecified atom stereocenters. The van der Waals surface area contributed by atoms with E-state index in [1.165, 1.54) is 4.31 Å². The molecular weight excluding hydrogens is 464 g/mol. The molecule has 5 rings (SSSR count). The van der Waals surface area contributed by atoms with E-state index in [4.69, 9.17) is 9.72 Å². The molecule has 0 radical (unpaired) electrons. The van der Waals surface area contributed by atoms with Crippen molar-refractivity contribution in [2.24, 2.45) is 0 Å². The summed E-state index contributed by atoms with van der Waals surface area (Å²) in [5.74, 6) is 0.390. The summed E-state index contributed by atoms with van der Waals surface area (Å²) < 4.78 is 35.4. The third kappa shape index (κ3) is 4.64. The summed E-state index contributed by atoms with van der Waals surface area (Å²) in [7, 11) is -3.62. The second-order valence-electron chi connectivity index (χ2n) is 8.50. The van der Waals surface area contributed by atoms with Crippen LogP contribution in [0.3, 0.4) is 0 Å². The van der Waals surface area contributed by atoms with Gasteiger partial charge in [0.05, 0.1) is 23.8 Å². The normalized spacial score (nSPS) is 14.9. The van der Waals surface area contributed by atoms with Crippen molar-refractivity contribution in [2.45, 2.75) is 31.7 Å². The molecule has 0 atom stereocenters. The van der Waals surface area contributed by atoms with Gasteiger partial charge in [0.2, 0.25) is 16.0 Å². The molecule has 1 aliphatic rings.